The molecule has 1 fully saturated rings. The molecule has 0 atom stereocenters. The molecule has 134 valence electrons. The summed E-state index contributed by atoms with van der Waals surface area (Å²) in [5.74, 6) is -0.366. The van der Waals surface area contributed by atoms with Gasteiger partial charge in [-0.25, -0.2) is 4.79 Å². The highest BCUT2D eigenvalue weighted by Gasteiger charge is 2.32. The first-order valence-electron chi connectivity index (χ1n) is 7.93. The summed E-state index contributed by atoms with van der Waals surface area (Å²) in [5.41, 5.74) is 3.82. The highest BCUT2D eigenvalue weighted by Crippen LogP contribution is 2.28. The van der Waals surface area contributed by atoms with Gasteiger partial charge in [0.05, 0.1) is 10.0 Å². The average Bonchev–Trinajstić information content (AvgIpc) is 3.01. The fourth-order valence-corrected chi connectivity index (χ4v) is 3.27. The number of amides is 3. The normalized spacial score (nSPS) is 15.7. The number of nitrogens with one attached hydrogen (secondary N) is 1. The molecule has 5 nitrogen and oxygen atoms in total. The quantitative estimate of drug-likeness (QED) is 0.476. The van der Waals surface area contributed by atoms with Gasteiger partial charge in [0.2, 0.25) is 0 Å². The third-order valence-corrected chi connectivity index (χ3v) is 4.94. The van der Waals surface area contributed by atoms with Gasteiger partial charge in [0.25, 0.3) is 5.91 Å². The molecule has 0 spiro atoms. The second-order valence-electron chi connectivity index (χ2n) is 5.95. The Kier molecular flexibility index (Phi) is 4.94. The van der Waals surface area contributed by atoms with E-state index in [2.05, 4.69) is 11.9 Å². The van der Waals surface area contributed by atoms with E-state index in [1.807, 2.05) is 30.5 Å². The van der Waals surface area contributed by atoms with Crippen molar-refractivity contribution in [1.82, 2.24) is 14.8 Å². The molecule has 0 radical (unpaired) electrons. The van der Waals surface area contributed by atoms with Gasteiger partial charge in [-0.2, -0.15) is 0 Å². The summed E-state index contributed by atoms with van der Waals surface area (Å²) in [5, 5.41) is 3.56. The molecule has 2 heterocycles. The van der Waals surface area contributed by atoms with Crippen molar-refractivity contribution >= 4 is 41.2 Å². The first-order chi connectivity index (χ1) is 12.3. The van der Waals surface area contributed by atoms with Crippen LogP contribution in [0.25, 0.3) is 11.8 Å². The van der Waals surface area contributed by atoms with Crippen LogP contribution in [0, 0.1) is 13.8 Å². The zero-order valence-electron chi connectivity index (χ0n) is 14.3. The molecule has 1 saturated heterocycles. The van der Waals surface area contributed by atoms with Crippen LogP contribution in [0.4, 0.5) is 4.79 Å². The van der Waals surface area contributed by atoms with Crippen molar-refractivity contribution in [3.63, 3.8) is 0 Å². The van der Waals surface area contributed by atoms with Gasteiger partial charge in [0.15, 0.2) is 0 Å². The summed E-state index contributed by atoms with van der Waals surface area (Å²) in [7, 11) is 0. The Balaban J connectivity index is 2.01. The summed E-state index contributed by atoms with van der Waals surface area (Å²) < 4.78 is 2.01. The molecule has 0 saturated carbocycles. The predicted molar refractivity (Wildman–Crippen MR) is 104 cm³/mol. The minimum Gasteiger partial charge on any atom is -0.318 e. The largest absolute Gasteiger partial charge is 0.329 e. The smallest absolute Gasteiger partial charge is 0.318 e. The van der Waals surface area contributed by atoms with Crippen molar-refractivity contribution in [2.45, 2.75) is 13.8 Å². The van der Waals surface area contributed by atoms with Crippen LogP contribution in [0.15, 0.2) is 42.6 Å². The molecule has 0 bridgehead atoms. The van der Waals surface area contributed by atoms with Gasteiger partial charge < -0.3 is 9.88 Å². The maximum atomic E-state index is 12.4. The first kappa shape index (κ1) is 18.3. The van der Waals surface area contributed by atoms with Gasteiger partial charge in [0.1, 0.15) is 5.70 Å². The fourth-order valence-electron chi connectivity index (χ4n) is 2.98. The maximum absolute atomic E-state index is 12.4. The van der Waals surface area contributed by atoms with Crippen molar-refractivity contribution in [3.8, 4) is 5.69 Å². The standard InChI is InChI=1S/C19H17Cl2N3O2/c1-4-7-23-18(25)17(22-19(23)26)9-13-8-11(2)24(12(13)3)14-5-6-15(20)16(21)10-14/h4-6,8-10H,1,7H2,2-3H3,(H,22,26)/b17-9+. The van der Waals surface area contributed by atoms with Crippen molar-refractivity contribution in [1.29, 1.82) is 0 Å². The monoisotopic (exact) mass is 389 g/mol. The molecule has 7 heteroatoms. The summed E-state index contributed by atoms with van der Waals surface area (Å²) in [6.07, 6.45) is 3.19. The Hall–Kier alpha value is -2.50. The van der Waals surface area contributed by atoms with Crippen LogP contribution in [0.2, 0.25) is 10.0 Å². The van der Waals surface area contributed by atoms with Gasteiger partial charge in [-0.3, -0.25) is 9.69 Å². The third kappa shape index (κ3) is 3.16. The Morgan fingerprint density at radius 3 is 2.54 bits per heavy atom. The minimum atomic E-state index is -0.445. The Bertz CT molecular complexity index is 960. The highest BCUT2D eigenvalue weighted by molar-refractivity contribution is 6.42. The number of carbonyl (C=O) groups is 2. The highest BCUT2D eigenvalue weighted by atomic mass is 35.5. The number of hydrogen-bond acceptors (Lipinski definition) is 2. The number of hydrogen-bond donors (Lipinski definition) is 1. The number of nitrogens with zero attached hydrogens (tertiary/aromatic N) is 2. The molecule has 1 N–H and O–H groups in total. The van der Waals surface area contributed by atoms with Crippen LogP contribution < -0.4 is 5.32 Å². The van der Waals surface area contributed by atoms with Crippen molar-refractivity contribution in [2.75, 3.05) is 6.54 Å². The molecular formula is C19H17Cl2N3O2. The van der Waals surface area contributed by atoms with E-state index in [0.29, 0.717) is 10.0 Å². The van der Waals surface area contributed by atoms with Crippen molar-refractivity contribution in [2.24, 2.45) is 0 Å². The summed E-state index contributed by atoms with van der Waals surface area (Å²) in [4.78, 5) is 25.4. The number of carbonyl (C=O) groups excluding carboxylic acids is 2. The van der Waals surface area contributed by atoms with Gasteiger partial charge in [0, 0.05) is 23.6 Å². The van der Waals surface area contributed by atoms with Crippen LogP contribution in [0.1, 0.15) is 17.0 Å². The lowest BCUT2D eigenvalue weighted by atomic mass is 10.2. The topological polar surface area (TPSA) is 54.3 Å². The maximum Gasteiger partial charge on any atom is 0.329 e. The number of benzene rings is 1. The zero-order chi connectivity index (χ0) is 19.0. The van der Waals surface area contributed by atoms with Gasteiger partial charge in [-0.1, -0.05) is 29.3 Å². The molecule has 3 amide bonds. The molecule has 0 unspecified atom stereocenters. The van der Waals surface area contributed by atoms with E-state index in [1.165, 1.54) is 6.08 Å². The molecule has 26 heavy (non-hydrogen) atoms. The number of imide groups is 1. The van der Waals surface area contributed by atoms with Crippen LogP contribution in [0.3, 0.4) is 0 Å². The van der Waals surface area contributed by atoms with Crippen molar-refractivity contribution in [3.05, 3.63) is 69.6 Å². The van der Waals surface area contributed by atoms with E-state index in [4.69, 9.17) is 23.2 Å². The number of halogens is 2. The van der Waals surface area contributed by atoms with Gasteiger partial charge in [-0.15, -0.1) is 6.58 Å². The average molecular weight is 390 g/mol. The molecule has 0 aliphatic carbocycles. The predicted octanol–water partition coefficient (Wildman–Crippen LogP) is 4.48. The second kappa shape index (κ2) is 7.02. The first-order valence-corrected chi connectivity index (χ1v) is 8.69. The lowest BCUT2D eigenvalue weighted by Gasteiger charge is -2.10. The number of aromatic nitrogens is 1. The molecule has 1 aliphatic rings. The van der Waals surface area contributed by atoms with Crippen LogP contribution in [-0.2, 0) is 4.79 Å². The van der Waals surface area contributed by atoms with E-state index >= 15 is 0 Å². The third-order valence-electron chi connectivity index (χ3n) is 4.21. The Morgan fingerprint density at radius 1 is 1.15 bits per heavy atom. The van der Waals surface area contributed by atoms with Crippen LogP contribution in [-0.4, -0.2) is 28.0 Å². The summed E-state index contributed by atoms with van der Waals surface area (Å²) in [6.45, 7) is 7.62. The number of urea groups is 1. The molecule has 1 aromatic heterocycles. The second-order valence-corrected chi connectivity index (χ2v) is 6.77. The van der Waals surface area contributed by atoms with Crippen molar-refractivity contribution < 1.29 is 9.59 Å². The van der Waals surface area contributed by atoms with Crippen LogP contribution >= 0.6 is 23.2 Å². The lowest BCUT2D eigenvalue weighted by Crippen LogP contribution is -2.30. The summed E-state index contributed by atoms with van der Waals surface area (Å²) in [6, 6.07) is 6.90. The van der Waals surface area contributed by atoms with E-state index < -0.39 is 6.03 Å². The van der Waals surface area contributed by atoms with E-state index in [9.17, 15) is 9.59 Å². The number of aryl methyl sites for hydroxylation is 1. The minimum absolute atomic E-state index is 0.171. The Morgan fingerprint density at radius 2 is 1.88 bits per heavy atom. The SMILES string of the molecule is C=CCN1C(=O)N/C(=C/c2cc(C)n(-c3ccc(Cl)c(Cl)c3)c2C)C1=O. The molecular weight excluding hydrogens is 373 g/mol. The van der Waals surface area contributed by atoms with Crippen LogP contribution in [0.5, 0.6) is 0 Å². The number of rotatable bonds is 4. The fraction of sp³-hybridized carbons (Fsp3) is 0.158. The van der Waals surface area contributed by atoms with E-state index in [-0.39, 0.29) is 18.1 Å². The molecule has 1 aliphatic heterocycles. The van der Waals surface area contributed by atoms with E-state index in [0.717, 1.165) is 27.5 Å². The lowest BCUT2D eigenvalue weighted by molar-refractivity contribution is -0.122. The molecule has 1 aromatic carbocycles. The Labute approximate surface area is 161 Å². The molecule has 2 aromatic rings. The zero-order valence-corrected chi connectivity index (χ0v) is 15.9. The van der Waals surface area contributed by atoms with Gasteiger partial charge in [-0.05, 0) is 49.8 Å². The summed E-state index contributed by atoms with van der Waals surface area (Å²) >= 11 is 12.1. The van der Waals surface area contributed by atoms with E-state index in [1.54, 1.807) is 18.2 Å². The molecule has 3 rings (SSSR count). The van der Waals surface area contributed by atoms with Gasteiger partial charge >= 0.3 is 6.03 Å².